The van der Waals surface area contributed by atoms with Crippen LogP contribution in [0, 0.1) is 5.92 Å². The molecule has 0 radical (unpaired) electrons. The van der Waals surface area contributed by atoms with Crippen LogP contribution < -0.4 is 0 Å². The van der Waals surface area contributed by atoms with Crippen LogP contribution in [0.15, 0.2) is 35.2 Å². The van der Waals surface area contributed by atoms with Crippen molar-refractivity contribution < 1.29 is 17.9 Å². The molecule has 0 aromatic heterocycles. The lowest BCUT2D eigenvalue weighted by Crippen LogP contribution is -2.78. The van der Waals surface area contributed by atoms with E-state index in [0.29, 0.717) is 36.7 Å². The van der Waals surface area contributed by atoms with Gasteiger partial charge in [-0.3, -0.25) is 4.79 Å². The smallest absolute Gasteiger partial charge is 0.254 e. The van der Waals surface area contributed by atoms with Gasteiger partial charge < -0.3 is 9.64 Å². The summed E-state index contributed by atoms with van der Waals surface area (Å²) in [6, 6.07) is 8.77. The number of hydrogen-bond acceptors (Lipinski definition) is 4. The van der Waals surface area contributed by atoms with Crippen LogP contribution in [-0.4, -0.2) is 60.9 Å². The van der Waals surface area contributed by atoms with Gasteiger partial charge >= 0.3 is 0 Å². The van der Waals surface area contributed by atoms with Gasteiger partial charge in [0.2, 0.25) is 10.0 Å². The third-order valence-corrected chi connectivity index (χ3v) is 9.43. The van der Waals surface area contributed by atoms with Crippen LogP contribution >= 0.6 is 0 Å². The lowest BCUT2D eigenvalue weighted by molar-refractivity contribution is -0.211. The zero-order valence-electron chi connectivity index (χ0n) is 17.5. The predicted molar refractivity (Wildman–Crippen MR) is 113 cm³/mol. The Hall–Kier alpha value is -1.44. The summed E-state index contributed by atoms with van der Waals surface area (Å²) in [5.41, 5.74) is -0.143. The van der Waals surface area contributed by atoms with Gasteiger partial charge in [-0.05, 0) is 56.6 Å². The number of piperidine rings is 1. The summed E-state index contributed by atoms with van der Waals surface area (Å²) in [5.74, 6) is 0.792. The molecule has 1 spiro atoms. The molecule has 164 valence electrons. The highest BCUT2D eigenvalue weighted by atomic mass is 32.2. The summed E-state index contributed by atoms with van der Waals surface area (Å²) < 4.78 is 33.6. The molecule has 2 saturated carbocycles. The number of benzene rings is 1. The Morgan fingerprint density at radius 3 is 2.27 bits per heavy atom. The van der Waals surface area contributed by atoms with Gasteiger partial charge in [0.15, 0.2) is 6.10 Å². The molecule has 4 aliphatic rings. The number of nitrogens with zero attached hydrogens (tertiary/aromatic N) is 2. The molecular weight excluding hydrogens is 400 g/mol. The molecule has 1 atom stereocenters. The number of carbonyl (C=O) groups is 1. The fourth-order valence-electron chi connectivity index (χ4n) is 5.67. The second-order valence-electron chi connectivity index (χ2n) is 9.48. The highest BCUT2D eigenvalue weighted by Gasteiger charge is 2.62. The van der Waals surface area contributed by atoms with E-state index in [0.717, 1.165) is 32.3 Å². The van der Waals surface area contributed by atoms with Gasteiger partial charge in [-0.15, -0.1) is 0 Å². The monoisotopic (exact) mass is 432 g/mol. The summed E-state index contributed by atoms with van der Waals surface area (Å²) in [5, 5.41) is 0. The lowest BCUT2D eigenvalue weighted by atomic mass is 9.68. The maximum atomic E-state index is 13.1. The van der Waals surface area contributed by atoms with Crippen molar-refractivity contribution in [3.8, 4) is 0 Å². The molecular formula is C23H32N2O4S. The minimum Gasteiger partial charge on any atom is -0.366 e. The Kier molecular flexibility index (Phi) is 5.40. The number of sulfonamides is 1. The predicted octanol–water partition coefficient (Wildman–Crippen LogP) is 3.18. The van der Waals surface area contributed by atoms with E-state index < -0.39 is 10.0 Å². The van der Waals surface area contributed by atoms with Crippen LogP contribution in [0.2, 0.25) is 0 Å². The van der Waals surface area contributed by atoms with Gasteiger partial charge in [0.1, 0.15) is 0 Å². The van der Waals surface area contributed by atoms with Crippen LogP contribution in [0.1, 0.15) is 57.8 Å². The van der Waals surface area contributed by atoms with Gasteiger partial charge in [0.25, 0.3) is 5.91 Å². The first kappa shape index (κ1) is 20.5. The number of carbonyl (C=O) groups excluding carboxylic acids is 1. The molecule has 1 aromatic carbocycles. The molecule has 4 fully saturated rings. The Labute approximate surface area is 179 Å². The van der Waals surface area contributed by atoms with Crippen LogP contribution in [0.4, 0.5) is 0 Å². The Bertz CT molecular complexity index is 870. The van der Waals surface area contributed by atoms with E-state index in [1.54, 1.807) is 28.6 Å². The van der Waals surface area contributed by atoms with E-state index in [1.165, 1.54) is 19.3 Å². The molecule has 6 nitrogen and oxygen atoms in total. The van der Waals surface area contributed by atoms with E-state index in [-0.39, 0.29) is 23.6 Å². The molecule has 0 N–H and O–H groups in total. The van der Waals surface area contributed by atoms with Crippen LogP contribution in [0.3, 0.4) is 0 Å². The zero-order valence-corrected chi connectivity index (χ0v) is 18.4. The Morgan fingerprint density at radius 1 is 0.967 bits per heavy atom. The number of amides is 1. The highest BCUT2D eigenvalue weighted by Crippen LogP contribution is 2.49. The minimum atomic E-state index is -3.46. The largest absolute Gasteiger partial charge is 0.366 e. The van der Waals surface area contributed by atoms with Crippen molar-refractivity contribution >= 4 is 15.9 Å². The molecule has 5 rings (SSSR count). The van der Waals surface area contributed by atoms with E-state index >= 15 is 0 Å². The van der Waals surface area contributed by atoms with Gasteiger partial charge in [-0.2, -0.15) is 4.31 Å². The van der Waals surface area contributed by atoms with E-state index in [2.05, 4.69) is 4.90 Å². The molecule has 2 saturated heterocycles. The molecule has 2 aliphatic heterocycles. The van der Waals surface area contributed by atoms with Crippen molar-refractivity contribution in [3.63, 3.8) is 0 Å². The van der Waals surface area contributed by atoms with Crippen molar-refractivity contribution in [1.29, 1.82) is 0 Å². The number of ether oxygens (including phenoxy) is 1. The Morgan fingerprint density at radius 2 is 1.63 bits per heavy atom. The number of likely N-dealkylation sites (tertiary alicyclic amines) is 1. The summed E-state index contributed by atoms with van der Waals surface area (Å²) in [7, 11) is -3.46. The molecule has 1 aromatic rings. The second kappa shape index (κ2) is 7.92. The average molecular weight is 433 g/mol. The highest BCUT2D eigenvalue weighted by molar-refractivity contribution is 7.89. The van der Waals surface area contributed by atoms with Gasteiger partial charge in [0, 0.05) is 19.1 Å². The molecule has 2 heterocycles. The summed E-state index contributed by atoms with van der Waals surface area (Å²) >= 11 is 0. The third-order valence-electron chi connectivity index (χ3n) is 7.51. The first-order valence-corrected chi connectivity index (χ1v) is 13.0. The van der Waals surface area contributed by atoms with Crippen LogP contribution in [0.25, 0.3) is 0 Å². The van der Waals surface area contributed by atoms with E-state index in [4.69, 9.17) is 4.74 Å². The lowest BCUT2D eigenvalue weighted by Gasteiger charge is -2.62. The third kappa shape index (κ3) is 3.49. The first-order chi connectivity index (χ1) is 14.5. The van der Waals surface area contributed by atoms with E-state index in [9.17, 15) is 13.2 Å². The second-order valence-corrected chi connectivity index (χ2v) is 11.4. The van der Waals surface area contributed by atoms with Crippen molar-refractivity contribution in [2.24, 2.45) is 5.92 Å². The summed E-state index contributed by atoms with van der Waals surface area (Å²) in [6.45, 7) is 1.66. The van der Waals surface area contributed by atoms with Gasteiger partial charge in [-0.25, -0.2) is 8.42 Å². The molecule has 2 aliphatic carbocycles. The van der Waals surface area contributed by atoms with Crippen molar-refractivity contribution in [1.82, 2.24) is 9.21 Å². The maximum absolute atomic E-state index is 13.1. The zero-order chi connectivity index (χ0) is 20.8. The van der Waals surface area contributed by atoms with Crippen LogP contribution in [0.5, 0.6) is 0 Å². The number of hydrogen-bond donors (Lipinski definition) is 0. The van der Waals surface area contributed by atoms with Crippen LogP contribution in [-0.2, 0) is 19.6 Å². The normalized spacial score (nSPS) is 27.9. The SMILES string of the molecule is O=C1C(OCC2CC2)C2(CCCCC2)N1C1CCN(S(=O)(=O)c2ccccc2)CC1. The fraction of sp³-hybridized carbons (Fsp3) is 0.696. The number of rotatable bonds is 6. The van der Waals surface area contributed by atoms with Crippen molar-refractivity contribution in [3.05, 3.63) is 30.3 Å². The molecule has 30 heavy (non-hydrogen) atoms. The van der Waals surface area contributed by atoms with E-state index in [1.807, 2.05) is 6.07 Å². The molecule has 1 amide bonds. The topological polar surface area (TPSA) is 66.9 Å². The molecule has 1 unspecified atom stereocenters. The van der Waals surface area contributed by atoms with Crippen molar-refractivity contribution in [2.75, 3.05) is 19.7 Å². The quantitative estimate of drug-likeness (QED) is 0.648. The maximum Gasteiger partial charge on any atom is 0.254 e. The molecule has 0 bridgehead atoms. The standard InChI is InChI=1S/C23H32N2O4S/c26-22-21(29-17-18-9-10-18)23(13-5-2-6-14-23)25(22)19-11-15-24(16-12-19)30(27,28)20-7-3-1-4-8-20/h1,3-4,7-8,18-19,21H,2,5-6,9-17H2. The number of β-lactam (4-membered cyclic amide) rings is 1. The summed E-state index contributed by atoms with van der Waals surface area (Å²) in [6.07, 6.45) is 9.16. The minimum absolute atomic E-state index is 0.124. The van der Waals surface area contributed by atoms with Crippen molar-refractivity contribution in [2.45, 2.75) is 80.4 Å². The average Bonchev–Trinajstić information content (AvgIpc) is 3.60. The molecule has 7 heteroatoms. The van der Waals surface area contributed by atoms with Gasteiger partial charge in [0.05, 0.1) is 17.0 Å². The fourth-order valence-corrected chi connectivity index (χ4v) is 7.16. The Balaban J connectivity index is 1.27. The van der Waals surface area contributed by atoms with Gasteiger partial charge in [-0.1, -0.05) is 37.5 Å². The first-order valence-electron chi connectivity index (χ1n) is 11.5. The summed E-state index contributed by atoms with van der Waals surface area (Å²) in [4.78, 5) is 15.6.